The molecule has 0 unspecified atom stereocenters. The van der Waals surface area contributed by atoms with E-state index in [4.69, 9.17) is 0 Å². The Balaban J connectivity index is 2.31. The Labute approximate surface area is 129 Å². The molecule has 2 nitrogen and oxygen atoms in total. The van der Waals surface area contributed by atoms with E-state index in [-0.39, 0.29) is 11.6 Å². The van der Waals surface area contributed by atoms with E-state index < -0.39 is 0 Å². The van der Waals surface area contributed by atoms with Gasteiger partial charge in [0.25, 0.3) is 0 Å². The molecule has 0 aliphatic heterocycles. The summed E-state index contributed by atoms with van der Waals surface area (Å²) in [5.74, 6) is -0.348. The number of Topliss-reactive ketones (excluding diaryl/α,β-unsaturated/α-hetero) is 2. The van der Waals surface area contributed by atoms with Crippen LogP contribution in [-0.2, 0) is 9.59 Å². The lowest BCUT2D eigenvalue weighted by Gasteiger charge is -2.11. The Morgan fingerprint density at radius 1 is 0.773 bits per heavy atom. The van der Waals surface area contributed by atoms with E-state index >= 15 is 0 Å². The predicted octanol–water partition coefficient (Wildman–Crippen LogP) is 4.09. The lowest BCUT2D eigenvalue weighted by Crippen LogP contribution is -2.08. The maximum absolute atomic E-state index is 12.6. The fourth-order valence-corrected chi connectivity index (χ4v) is 2.92. The lowest BCUT2D eigenvalue weighted by atomic mass is 9.91. The highest BCUT2D eigenvalue weighted by Crippen LogP contribution is 2.42. The first-order valence-electron chi connectivity index (χ1n) is 7.23. The van der Waals surface area contributed by atoms with Crippen LogP contribution in [0.5, 0.6) is 0 Å². The van der Waals surface area contributed by atoms with E-state index in [0.717, 1.165) is 22.3 Å². The van der Waals surface area contributed by atoms with Crippen LogP contribution in [0.3, 0.4) is 0 Å². The summed E-state index contributed by atoms with van der Waals surface area (Å²) in [6.07, 6.45) is 0. The highest BCUT2D eigenvalue weighted by atomic mass is 16.1. The van der Waals surface area contributed by atoms with Crippen molar-refractivity contribution in [1.29, 1.82) is 0 Å². The number of carbonyl (C=O) groups excluding carboxylic acids is 2. The first-order valence-corrected chi connectivity index (χ1v) is 7.23. The highest BCUT2D eigenvalue weighted by Gasteiger charge is 2.33. The fourth-order valence-electron chi connectivity index (χ4n) is 2.92. The average molecular weight is 288 g/mol. The Bertz CT molecular complexity index is 809. The Kier molecular flexibility index (Phi) is 3.60. The van der Waals surface area contributed by atoms with Gasteiger partial charge < -0.3 is 0 Å². The van der Waals surface area contributed by atoms with Crippen LogP contribution in [0.15, 0.2) is 71.8 Å². The van der Waals surface area contributed by atoms with Gasteiger partial charge in [-0.3, -0.25) is 9.59 Å². The van der Waals surface area contributed by atoms with Gasteiger partial charge in [-0.2, -0.15) is 0 Å². The van der Waals surface area contributed by atoms with Gasteiger partial charge in [0.15, 0.2) is 11.6 Å². The smallest absolute Gasteiger partial charge is 0.193 e. The maximum Gasteiger partial charge on any atom is 0.193 e. The Morgan fingerprint density at radius 3 is 1.68 bits per heavy atom. The topological polar surface area (TPSA) is 34.1 Å². The van der Waals surface area contributed by atoms with Crippen LogP contribution in [0.25, 0.3) is 11.1 Å². The second-order valence-corrected chi connectivity index (χ2v) is 5.37. The predicted molar refractivity (Wildman–Crippen MR) is 88.1 cm³/mol. The third-order valence-corrected chi connectivity index (χ3v) is 3.92. The molecular weight excluding hydrogens is 272 g/mol. The van der Waals surface area contributed by atoms with Crippen molar-refractivity contribution in [3.63, 3.8) is 0 Å². The van der Waals surface area contributed by atoms with Gasteiger partial charge in [0.05, 0.1) is 5.57 Å². The van der Waals surface area contributed by atoms with Gasteiger partial charge in [0, 0.05) is 11.1 Å². The van der Waals surface area contributed by atoms with Crippen molar-refractivity contribution in [2.45, 2.75) is 13.8 Å². The molecule has 2 aromatic carbocycles. The van der Waals surface area contributed by atoms with Gasteiger partial charge in [-0.1, -0.05) is 60.7 Å². The Morgan fingerprint density at radius 2 is 1.23 bits per heavy atom. The molecule has 108 valence electrons. The summed E-state index contributed by atoms with van der Waals surface area (Å²) in [6.45, 7) is 3.25. The van der Waals surface area contributed by atoms with Crippen LogP contribution < -0.4 is 0 Å². The molecule has 1 aliphatic carbocycles. The number of ketones is 2. The average Bonchev–Trinajstić information content (AvgIpc) is 2.81. The summed E-state index contributed by atoms with van der Waals surface area (Å²) in [6, 6.07) is 19.4. The second-order valence-electron chi connectivity index (χ2n) is 5.37. The lowest BCUT2D eigenvalue weighted by molar-refractivity contribution is -0.118. The van der Waals surface area contributed by atoms with Crippen molar-refractivity contribution in [2.24, 2.45) is 0 Å². The maximum atomic E-state index is 12.6. The number of hydrogen-bond donors (Lipinski definition) is 0. The van der Waals surface area contributed by atoms with Crippen LogP contribution in [0.4, 0.5) is 0 Å². The quantitative estimate of drug-likeness (QED) is 0.797. The Hall–Kier alpha value is -2.74. The molecule has 22 heavy (non-hydrogen) atoms. The molecule has 0 heterocycles. The minimum atomic E-state index is -0.186. The minimum Gasteiger partial charge on any atom is -0.294 e. The molecule has 0 fully saturated rings. The van der Waals surface area contributed by atoms with Crippen LogP contribution in [-0.4, -0.2) is 11.6 Å². The molecule has 0 saturated carbocycles. The van der Waals surface area contributed by atoms with E-state index in [1.807, 2.05) is 60.7 Å². The third-order valence-electron chi connectivity index (χ3n) is 3.92. The number of benzene rings is 2. The molecule has 3 rings (SSSR count). The summed E-state index contributed by atoms with van der Waals surface area (Å²) in [4.78, 5) is 24.6. The standard InChI is InChI=1S/C20H16O2/c1-13-17(15-9-5-3-6-10-15)19(16-11-7-4-8-12-16)18(14(2)21)20(13)22/h3-12H,1-2H3. The van der Waals surface area contributed by atoms with Crippen LogP contribution in [0, 0.1) is 0 Å². The molecule has 0 N–H and O–H groups in total. The van der Waals surface area contributed by atoms with Crippen molar-refractivity contribution in [3.05, 3.63) is 82.9 Å². The monoisotopic (exact) mass is 288 g/mol. The van der Waals surface area contributed by atoms with E-state index in [2.05, 4.69) is 0 Å². The van der Waals surface area contributed by atoms with Crippen molar-refractivity contribution in [3.8, 4) is 0 Å². The van der Waals surface area contributed by atoms with Gasteiger partial charge >= 0.3 is 0 Å². The zero-order valence-corrected chi connectivity index (χ0v) is 12.6. The van der Waals surface area contributed by atoms with Gasteiger partial charge in [-0.15, -0.1) is 0 Å². The molecule has 0 saturated heterocycles. The number of allylic oxidation sites excluding steroid dienone is 4. The molecule has 1 aliphatic rings. The van der Waals surface area contributed by atoms with Crippen LogP contribution in [0.2, 0.25) is 0 Å². The summed E-state index contributed by atoms with van der Waals surface area (Å²) in [5.41, 5.74) is 4.40. The fraction of sp³-hybridized carbons (Fsp3) is 0.100. The van der Waals surface area contributed by atoms with Crippen LogP contribution >= 0.6 is 0 Å². The first-order chi connectivity index (χ1) is 10.6. The summed E-state index contributed by atoms with van der Waals surface area (Å²) < 4.78 is 0. The van der Waals surface area contributed by atoms with E-state index in [0.29, 0.717) is 11.1 Å². The van der Waals surface area contributed by atoms with Gasteiger partial charge in [0.2, 0.25) is 0 Å². The largest absolute Gasteiger partial charge is 0.294 e. The zero-order chi connectivity index (χ0) is 15.7. The molecule has 2 aromatic rings. The molecule has 0 atom stereocenters. The van der Waals surface area contributed by atoms with E-state index in [9.17, 15) is 9.59 Å². The third kappa shape index (κ3) is 2.23. The summed E-state index contributed by atoms with van der Waals surface area (Å²) >= 11 is 0. The molecule has 0 amide bonds. The zero-order valence-electron chi connectivity index (χ0n) is 12.6. The molecule has 2 heteroatoms. The van der Waals surface area contributed by atoms with Crippen LogP contribution in [0.1, 0.15) is 25.0 Å². The summed E-state index contributed by atoms with van der Waals surface area (Å²) in [5, 5.41) is 0. The van der Waals surface area contributed by atoms with E-state index in [1.165, 1.54) is 6.92 Å². The number of rotatable bonds is 3. The molecule has 0 bridgehead atoms. The molecule has 0 spiro atoms. The van der Waals surface area contributed by atoms with Crippen molar-refractivity contribution in [1.82, 2.24) is 0 Å². The normalized spacial score (nSPS) is 14.7. The molecule has 0 aromatic heterocycles. The van der Waals surface area contributed by atoms with Crippen molar-refractivity contribution >= 4 is 22.7 Å². The van der Waals surface area contributed by atoms with Gasteiger partial charge in [-0.05, 0) is 30.5 Å². The van der Waals surface area contributed by atoms with Gasteiger partial charge in [0.1, 0.15) is 0 Å². The highest BCUT2D eigenvalue weighted by molar-refractivity contribution is 6.41. The van der Waals surface area contributed by atoms with Crippen molar-refractivity contribution < 1.29 is 9.59 Å². The van der Waals surface area contributed by atoms with Crippen molar-refractivity contribution in [2.75, 3.05) is 0 Å². The van der Waals surface area contributed by atoms with E-state index in [1.54, 1.807) is 6.92 Å². The minimum absolute atomic E-state index is 0.162. The number of carbonyl (C=O) groups is 2. The number of hydrogen-bond acceptors (Lipinski definition) is 2. The summed E-state index contributed by atoms with van der Waals surface area (Å²) in [7, 11) is 0. The first kappa shape index (κ1) is 14.2. The molecule has 0 radical (unpaired) electrons. The second kappa shape index (κ2) is 5.57. The SMILES string of the molecule is CC(=O)C1=C(c2ccccc2)C(c2ccccc2)=C(C)C1=O. The van der Waals surface area contributed by atoms with Gasteiger partial charge in [-0.25, -0.2) is 0 Å². The molecular formula is C20H16O2.